The van der Waals surface area contributed by atoms with Crippen LogP contribution in [0, 0.1) is 13.8 Å². The number of anilines is 2. The summed E-state index contributed by atoms with van der Waals surface area (Å²) in [6.07, 6.45) is 5.32. The Morgan fingerprint density at radius 2 is 2.04 bits per heavy atom. The van der Waals surface area contributed by atoms with Gasteiger partial charge in [0.25, 0.3) is 0 Å². The number of hydrogen-bond donors (Lipinski definition) is 1. The first-order valence-electron chi connectivity index (χ1n) is 9.04. The SMILES string of the molecule is Cc1cc(Nc2ncc(C)s2)nc(C2CCN(C3CCOCC3)C2)n1. The van der Waals surface area contributed by atoms with Crippen LogP contribution in [-0.2, 0) is 4.74 Å². The van der Waals surface area contributed by atoms with E-state index in [9.17, 15) is 0 Å². The Balaban J connectivity index is 1.46. The highest BCUT2D eigenvalue weighted by Crippen LogP contribution is 2.30. The summed E-state index contributed by atoms with van der Waals surface area (Å²) in [7, 11) is 0. The summed E-state index contributed by atoms with van der Waals surface area (Å²) in [5.41, 5.74) is 1.00. The summed E-state index contributed by atoms with van der Waals surface area (Å²) < 4.78 is 5.50. The lowest BCUT2D eigenvalue weighted by molar-refractivity contribution is 0.0419. The average Bonchev–Trinajstić information content (AvgIpc) is 3.24. The van der Waals surface area contributed by atoms with E-state index in [-0.39, 0.29) is 0 Å². The van der Waals surface area contributed by atoms with E-state index in [0.29, 0.717) is 12.0 Å². The van der Waals surface area contributed by atoms with Gasteiger partial charge in [-0.2, -0.15) is 0 Å². The van der Waals surface area contributed by atoms with E-state index >= 15 is 0 Å². The Hall–Kier alpha value is -1.57. The quantitative estimate of drug-likeness (QED) is 0.904. The van der Waals surface area contributed by atoms with Crippen LogP contribution in [-0.4, -0.2) is 52.2 Å². The van der Waals surface area contributed by atoms with Crippen molar-refractivity contribution >= 4 is 22.3 Å². The maximum Gasteiger partial charge on any atom is 0.188 e. The molecule has 1 unspecified atom stereocenters. The van der Waals surface area contributed by atoms with Gasteiger partial charge in [0, 0.05) is 54.6 Å². The van der Waals surface area contributed by atoms with Crippen molar-refractivity contribution in [1.29, 1.82) is 0 Å². The molecule has 2 aliphatic heterocycles. The van der Waals surface area contributed by atoms with Gasteiger partial charge in [0.05, 0.1) is 0 Å². The minimum Gasteiger partial charge on any atom is -0.381 e. The first-order chi connectivity index (χ1) is 12.2. The van der Waals surface area contributed by atoms with Gasteiger partial charge in [-0.1, -0.05) is 0 Å². The first kappa shape index (κ1) is 16.9. The predicted molar refractivity (Wildman–Crippen MR) is 99.7 cm³/mol. The maximum absolute atomic E-state index is 5.50. The number of aryl methyl sites for hydroxylation is 2. The first-order valence-corrected chi connectivity index (χ1v) is 9.86. The van der Waals surface area contributed by atoms with Crippen molar-refractivity contribution < 1.29 is 4.74 Å². The summed E-state index contributed by atoms with van der Waals surface area (Å²) in [6.45, 7) is 8.09. The second kappa shape index (κ2) is 7.35. The fourth-order valence-corrected chi connectivity index (χ4v) is 4.41. The molecule has 0 aliphatic carbocycles. The molecule has 2 aromatic heterocycles. The summed E-state index contributed by atoms with van der Waals surface area (Å²) in [4.78, 5) is 17.7. The van der Waals surface area contributed by atoms with Gasteiger partial charge in [0.1, 0.15) is 11.6 Å². The molecule has 0 amide bonds. The molecule has 0 bridgehead atoms. The number of likely N-dealkylation sites (tertiary alicyclic amines) is 1. The molecule has 2 aliphatic rings. The zero-order chi connectivity index (χ0) is 17.2. The highest BCUT2D eigenvalue weighted by Gasteiger charge is 2.31. The number of rotatable bonds is 4. The van der Waals surface area contributed by atoms with Crippen LogP contribution in [0.3, 0.4) is 0 Å². The van der Waals surface area contributed by atoms with Gasteiger partial charge >= 0.3 is 0 Å². The van der Waals surface area contributed by atoms with Crippen LogP contribution in [0.2, 0.25) is 0 Å². The average molecular weight is 359 g/mol. The lowest BCUT2D eigenvalue weighted by Gasteiger charge is -2.30. The Kier molecular flexibility index (Phi) is 4.96. The third-order valence-corrected chi connectivity index (χ3v) is 5.85. The largest absolute Gasteiger partial charge is 0.381 e. The van der Waals surface area contributed by atoms with Gasteiger partial charge in [-0.15, -0.1) is 11.3 Å². The fourth-order valence-electron chi connectivity index (χ4n) is 3.74. The van der Waals surface area contributed by atoms with Gasteiger partial charge in [0.15, 0.2) is 5.13 Å². The van der Waals surface area contributed by atoms with Gasteiger partial charge in [0.2, 0.25) is 0 Å². The van der Waals surface area contributed by atoms with Crippen molar-refractivity contribution in [2.45, 2.75) is 45.1 Å². The third-order valence-electron chi connectivity index (χ3n) is 5.02. The molecule has 2 aromatic rings. The highest BCUT2D eigenvalue weighted by atomic mass is 32.1. The van der Waals surface area contributed by atoms with Crippen molar-refractivity contribution in [3.8, 4) is 0 Å². The van der Waals surface area contributed by atoms with Crippen molar-refractivity contribution in [3.63, 3.8) is 0 Å². The molecular formula is C18H25N5OS. The Labute approximate surface area is 152 Å². The number of nitrogens with one attached hydrogen (secondary N) is 1. The van der Waals surface area contributed by atoms with E-state index in [2.05, 4.69) is 22.1 Å². The Bertz CT molecular complexity index is 728. The molecule has 134 valence electrons. The molecule has 6 nitrogen and oxygen atoms in total. The molecular weight excluding hydrogens is 334 g/mol. The monoisotopic (exact) mass is 359 g/mol. The van der Waals surface area contributed by atoms with Crippen LogP contribution in [0.25, 0.3) is 0 Å². The van der Waals surface area contributed by atoms with E-state index in [1.165, 1.54) is 4.88 Å². The summed E-state index contributed by atoms with van der Waals surface area (Å²) >= 11 is 1.64. The summed E-state index contributed by atoms with van der Waals surface area (Å²) in [6, 6.07) is 2.66. The highest BCUT2D eigenvalue weighted by molar-refractivity contribution is 7.15. The number of hydrogen-bond acceptors (Lipinski definition) is 7. The molecule has 1 atom stereocenters. The summed E-state index contributed by atoms with van der Waals surface area (Å²) in [5.74, 6) is 2.23. The molecule has 1 N–H and O–H groups in total. The van der Waals surface area contributed by atoms with Crippen LogP contribution >= 0.6 is 11.3 Å². The molecule has 4 rings (SSSR count). The van der Waals surface area contributed by atoms with E-state index in [1.54, 1.807) is 11.3 Å². The molecule has 25 heavy (non-hydrogen) atoms. The Morgan fingerprint density at radius 3 is 2.80 bits per heavy atom. The van der Waals surface area contributed by atoms with Crippen LogP contribution in [0.4, 0.5) is 10.9 Å². The molecule has 2 saturated heterocycles. The third kappa shape index (κ3) is 3.99. The minimum atomic E-state index is 0.418. The van der Waals surface area contributed by atoms with Crippen molar-refractivity contribution in [3.05, 3.63) is 28.7 Å². The van der Waals surface area contributed by atoms with Crippen molar-refractivity contribution in [2.24, 2.45) is 0 Å². The predicted octanol–water partition coefficient (Wildman–Crippen LogP) is 3.26. The van der Waals surface area contributed by atoms with E-state index in [1.807, 2.05) is 19.2 Å². The molecule has 4 heterocycles. The van der Waals surface area contributed by atoms with E-state index < -0.39 is 0 Å². The van der Waals surface area contributed by atoms with Gasteiger partial charge in [-0.3, -0.25) is 4.90 Å². The lowest BCUT2D eigenvalue weighted by Crippen LogP contribution is -2.37. The molecule has 0 saturated carbocycles. The lowest BCUT2D eigenvalue weighted by atomic mass is 10.1. The molecule has 0 spiro atoms. The maximum atomic E-state index is 5.50. The van der Waals surface area contributed by atoms with Crippen LogP contribution in [0.1, 0.15) is 41.6 Å². The van der Waals surface area contributed by atoms with Gasteiger partial charge < -0.3 is 10.1 Å². The standard InChI is InChI=1S/C18H25N5OS/c1-12-9-16(22-18-19-10-13(2)25-18)21-17(20-12)14-3-6-23(11-14)15-4-7-24-8-5-15/h9-10,14-15H,3-8,11H2,1-2H3,(H,19,20,21,22). The topological polar surface area (TPSA) is 63.2 Å². The number of aromatic nitrogens is 3. The van der Waals surface area contributed by atoms with Crippen LogP contribution < -0.4 is 5.32 Å². The van der Waals surface area contributed by atoms with Gasteiger partial charge in [-0.05, 0) is 39.7 Å². The molecule has 7 heteroatoms. The smallest absolute Gasteiger partial charge is 0.188 e. The molecule has 2 fully saturated rings. The second-order valence-corrected chi connectivity index (χ2v) is 8.21. The van der Waals surface area contributed by atoms with E-state index in [0.717, 1.165) is 68.0 Å². The fraction of sp³-hybridized carbons (Fsp3) is 0.611. The second-order valence-electron chi connectivity index (χ2n) is 6.98. The van der Waals surface area contributed by atoms with Crippen molar-refractivity contribution in [1.82, 2.24) is 19.9 Å². The zero-order valence-corrected chi connectivity index (χ0v) is 15.7. The molecule has 0 radical (unpaired) electrons. The number of nitrogens with zero attached hydrogens (tertiary/aromatic N) is 4. The minimum absolute atomic E-state index is 0.418. The van der Waals surface area contributed by atoms with E-state index in [4.69, 9.17) is 14.7 Å². The Morgan fingerprint density at radius 1 is 1.20 bits per heavy atom. The van der Waals surface area contributed by atoms with Crippen molar-refractivity contribution in [2.75, 3.05) is 31.6 Å². The van der Waals surface area contributed by atoms with Crippen LogP contribution in [0.15, 0.2) is 12.3 Å². The van der Waals surface area contributed by atoms with Crippen LogP contribution in [0.5, 0.6) is 0 Å². The summed E-state index contributed by atoms with van der Waals surface area (Å²) in [5, 5.41) is 4.22. The number of ether oxygens (including phenoxy) is 1. The normalized spacial score (nSPS) is 22.4. The number of thiazole rings is 1. The molecule has 0 aromatic carbocycles. The zero-order valence-electron chi connectivity index (χ0n) is 14.9. The van der Waals surface area contributed by atoms with Gasteiger partial charge in [-0.25, -0.2) is 15.0 Å².